The standard InChI is InChI=1S/C15H17BrO2/c1-14(18)4-6-15(7-5-14)12-3-2-11(16)8-10(12)9-13(15)17/h2-3,8,18H,4-7,9H2,1H3. The molecule has 1 saturated carbocycles. The second kappa shape index (κ2) is 3.91. The number of fused-ring (bicyclic) bond motifs is 2. The van der Waals surface area contributed by atoms with Crippen LogP contribution < -0.4 is 0 Å². The predicted molar refractivity (Wildman–Crippen MR) is 73.6 cm³/mol. The van der Waals surface area contributed by atoms with Crippen molar-refractivity contribution in [3.8, 4) is 0 Å². The Hall–Kier alpha value is -0.670. The lowest BCUT2D eigenvalue weighted by molar-refractivity contribution is -0.126. The molecule has 3 heteroatoms. The number of hydrogen-bond donors (Lipinski definition) is 1. The molecule has 0 aromatic heterocycles. The van der Waals surface area contributed by atoms with Gasteiger partial charge in [-0.25, -0.2) is 0 Å². The van der Waals surface area contributed by atoms with Gasteiger partial charge in [0.1, 0.15) is 5.78 Å². The maximum atomic E-state index is 12.4. The zero-order valence-electron chi connectivity index (χ0n) is 10.5. The molecule has 2 aliphatic carbocycles. The van der Waals surface area contributed by atoms with E-state index in [4.69, 9.17) is 0 Å². The predicted octanol–water partition coefficient (Wildman–Crippen LogP) is 3.14. The van der Waals surface area contributed by atoms with Gasteiger partial charge in [-0.05, 0) is 55.9 Å². The van der Waals surface area contributed by atoms with E-state index in [1.807, 2.05) is 13.0 Å². The molecule has 0 radical (unpaired) electrons. The Bertz CT molecular complexity index is 509. The summed E-state index contributed by atoms with van der Waals surface area (Å²) in [7, 11) is 0. The third-order valence-electron chi connectivity index (χ3n) is 4.65. The van der Waals surface area contributed by atoms with Crippen molar-refractivity contribution in [3.63, 3.8) is 0 Å². The maximum absolute atomic E-state index is 12.4. The number of rotatable bonds is 0. The molecule has 1 aromatic rings. The largest absolute Gasteiger partial charge is 0.390 e. The quantitative estimate of drug-likeness (QED) is 0.799. The van der Waals surface area contributed by atoms with Crippen molar-refractivity contribution in [2.24, 2.45) is 0 Å². The summed E-state index contributed by atoms with van der Waals surface area (Å²) in [5, 5.41) is 10.1. The van der Waals surface area contributed by atoms with Crippen LogP contribution in [0.15, 0.2) is 22.7 Å². The van der Waals surface area contributed by atoms with Gasteiger partial charge in [-0.2, -0.15) is 0 Å². The molecule has 0 aliphatic heterocycles. The highest BCUT2D eigenvalue weighted by Crippen LogP contribution is 2.49. The van der Waals surface area contributed by atoms with Gasteiger partial charge >= 0.3 is 0 Å². The van der Waals surface area contributed by atoms with Crippen LogP contribution in [0.2, 0.25) is 0 Å². The Labute approximate surface area is 116 Å². The Morgan fingerprint density at radius 1 is 1.22 bits per heavy atom. The molecule has 1 N–H and O–H groups in total. The lowest BCUT2D eigenvalue weighted by atomic mass is 9.66. The fourth-order valence-corrected chi connectivity index (χ4v) is 3.84. The third kappa shape index (κ3) is 1.76. The van der Waals surface area contributed by atoms with Gasteiger partial charge in [-0.3, -0.25) is 4.79 Å². The molecule has 0 amide bonds. The summed E-state index contributed by atoms with van der Waals surface area (Å²) in [6.07, 6.45) is 3.56. The third-order valence-corrected chi connectivity index (χ3v) is 5.14. The van der Waals surface area contributed by atoms with E-state index in [9.17, 15) is 9.90 Å². The van der Waals surface area contributed by atoms with Crippen LogP contribution in [-0.4, -0.2) is 16.5 Å². The van der Waals surface area contributed by atoms with Gasteiger partial charge in [-0.15, -0.1) is 0 Å². The Balaban J connectivity index is 2.02. The summed E-state index contributed by atoms with van der Waals surface area (Å²) >= 11 is 3.46. The van der Waals surface area contributed by atoms with Crippen molar-refractivity contribution in [1.29, 1.82) is 0 Å². The van der Waals surface area contributed by atoms with Crippen LogP contribution in [-0.2, 0) is 16.6 Å². The van der Waals surface area contributed by atoms with Gasteiger partial charge in [0, 0.05) is 10.9 Å². The second-order valence-corrected chi connectivity index (χ2v) is 6.90. The van der Waals surface area contributed by atoms with Crippen LogP contribution >= 0.6 is 15.9 Å². The molecule has 3 rings (SSSR count). The van der Waals surface area contributed by atoms with Crippen molar-refractivity contribution in [2.45, 2.75) is 50.0 Å². The van der Waals surface area contributed by atoms with Crippen LogP contribution in [0.1, 0.15) is 43.7 Å². The first-order chi connectivity index (χ1) is 8.43. The van der Waals surface area contributed by atoms with E-state index in [0.717, 1.165) is 22.9 Å². The van der Waals surface area contributed by atoms with Crippen molar-refractivity contribution in [3.05, 3.63) is 33.8 Å². The van der Waals surface area contributed by atoms with Crippen LogP contribution in [0, 0.1) is 0 Å². The monoisotopic (exact) mass is 308 g/mol. The topological polar surface area (TPSA) is 37.3 Å². The van der Waals surface area contributed by atoms with E-state index in [-0.39, 0.29) is 5.41 Å². The van der Waals surface area contributed by atoms with Crippen molar-refractivity contribution >= 4 is 21.7 Å². The first kappa shape index (κ1) is 12.4. The van der Waals surface area contributed by atoms with Crippen LogP contribution in [0.5, 0.6) is 0 Å². The SMILES string of the molecule is CC1(O)CCC2(CC1)C(=O)Cc1cc(Br)ccc12. The van der Waals surface area contributed by atoms with Crippen molar-refractivity contribution in [1.82, 2.24) is 0 Å². The first-order valence-electron chi connectivity index (χ1n) is 6.48. The number of carbonyl (C=O) groups excluding carboxylic acids is 1. The molecule has 0 bridgehead atoms. The highest BCUT2D eigenvalue weighted by atomic mass is 79.9. The second-order valence-electron chi connectivity index (χ2n) is 5.98. The van der Waals surface area contributed by atoms with Crippen LogP contribution in [0.4, 0.5) is 0 Å². The van der Waals surface area contributed by atoms with Crippen LogP contribution in [0.3, 0.4) is 0 Å². The van der Waals surface area contributed by atoms with E-state index in [1.54, 1.807) is 0 Å². The maximum Gasteiger partial charge on any atom is 0.147 e. The zero-order chi connectivity index (χ0) is 13.0. The number of halogens is 1. The lowest BCUT2D eigenvalue weighted by Crippen LogP contribution is -2.42. The van der Waals surface area contributed by atoms with Crippen molar-refractivity contribution in [2.75, 3.05) is 0 Å². The zero-order valence-corrected chi connectivity index (χ0v) is 12.1. The fourth-order valence-electron chi connectivity index (χ4n) is 3.43. The summed E-state index contributed by atoms with van der Waals surface area (Å²) in [5.74, 6) is 0.339. The highest BCUT2D eigenvalue weighted by molar-refractivity contribution is 9.10. The van der Waals surface area contributed by atoms with Gasteiger partial charge in [0.2, 0.25) is 0 Å². The van der Waals surface area contributed by atoms with Gasteiger partial charge < -0.3 is 5.11 Å². The molecule has 0 heterocycles. The van der Waals surface area contributed by atoms with E-state index < -0.39 is 5.60 Å². The molecular formula is C15H17BrO2. The van der Waals surface area contributed by atoms with Gasteiger partial charge in [0.15, 0.2) is 0 Å². The van der Waals surface area contributed by atoms with Gasteiger partial charge in [0.05, 0.1) is 11.0 Å². The molecule has 2 nitrogen and oxygen atoms in total. The number of aliphatic hydroxyl groups is 1. The fraction of sp³-hybridized carbons (Fsp3) is 0.533. The Morgan fingerprint density at radius 2 is 1.89 bits per heavy atom. The smallest absolute Gasteiger partial charge is 0.147 e. The minimum atomic E-state index is -0.594. The number of Topliss-reactive ketones (excluding diaryl/α,β-unsaturated/α-hetero) is 1. The summed E-state index contributed by atoms with van der Waals surface area (Å²) in [5.41, 5.74) is 1.46. The summed E-state index contributed by atoms with van der Waals surface area (Å²) in [6.45, 7) is 1.88. The molecule has 0 saturated heterocycles. The molecule has 0 atom stereocenters. The first-order valence-corrected chi connectivity index (χ1v) is 7.27. The number of hydrogen-bond acceptors (Lipinski definition) is 2. The molecule has 96 valence electrons. The highest BCUT2D eigenvalue weighted by Gasteiger charge is 2.49. The normalized spacial score (nSPS) is 34.9. The molecule has 0 unspecified atom stereocenters. The van der Waals surface area contributed by atoms with E-state index in [0.29, 0.717) is 25.0 Å². The van der Waals surface area contributed by atoms with Crippen molar-refractivity contribution < 1.29 is 9.90 Å². The molecule has 18 heavy (non-hydrogen) atoms. The summed E-state index contributed by atoms with van der Waals surface area (Å²) < 4.78 is 1.04. The molecule has 1 fully saturated rings. The van der Waals surface area contributed by atoms with E-state index >= 15 is 0 Å². The van der Waals surface area contributed by atoms with Gasteiger partial charge in [-0.1, -0.05) is 22.0 Å². The van der Waals surface area contributed by atoms with Gasteiger partial charge in [0.25, 0.3) is 0 Å². The molecule has 2 aliphatic rings. The summed E-state index contributed by atoms with van der Waals surface area (Å²) in [6, 6.07) is 6.17. The molecule has 1 spiro atoms. The summed E-state index contributed by atoms with van der Waals surface area (Å²) in [4.78, 5) is 12.4. The minimum Gasteiger partial charge on any atom is -0.390 e. The number of benzene rings is 1. The molecule has 1 aromatic carbocycles. The number of ketones is 1. The number of carbonyl (C=O) groups is 1. The van der Waals surface area contributed by atoms with Crippen LogP contribution in [0.25, 0.3) is 0 Å². The average Bonchev–Trinajstić information content (AvgIpc) is 2.55. The Morgan fingerprint density at radius 3 is 2.56 bits per heavy atom. The lowest BCUT2D eigenvalue weighted by Gasteiger charge is -2.40. The van der Waals surface area contributed by atoms with E-state index in [1.165, 1.54) is 5.56 Å². The average molecular weight is 309 g/mol. The Kier molecular flexibility index (Phi) is 2.69. The molecular weight excluding hydrogens is 292 g/mol. The van der Waals surface area contributed by atoms with E-state index in [2.05, 4.69) is 28.1 Å². The minimum absolute atomic E-state index is 0.307.